The van der Waals surface area contributed by atoms with Crippen LogP contribution in [0.1, 0.15) is 17.4 Å². The van der Waals surface area contributed by atoms with Crippen molar-refractivity contribution in [2.75, 3.05) is 19.0 Å². The average Bonchev–Trinajstić information content (AvgIpc) is 3.04. The predicted molar refractivity (Wildman–Crippen MR) is 94.3 cm³/mol. The van der Waals surface area contributed by atoms with E-state index in [-0.39, 0.29) is 0 Å². The number of carbonyl (C=O) groups excluding carboxylic acids is 1. The first-order valence-corrected chi connectivity index (χ1v) is 7.91. The Balaban J connectivity index is 1.85. The molecule has 0 saturated carbocycles. The first kappa shape index (κ1) is 17.3. The van der Waals surface area contributed by atoms with Gasteiger partial charge in [-0.15, -0.1) is 0 Å². The number of pyridine rings is 1. The van der Waals surface area contributed by atoms with Crippen LogP contribution >= 0.6 is 0 Å². The minimum Gasteiger partial charge on any atom is -0.495 e. The van der Waals surface area contributed by atoms with Gasteiger partial charge in [0.05, 0.1) is 37.5 Å². The van der Waals surface area contributed by atoms with Crippen LogP contribution in [-0.2, 0) is 11.8 Å². The second-order valence-electron chi connectivity index (χ2n) is 5.26. The molecular formula is C17H18N6O3. The van der Waals surface area contributed by atoms with Crippen LogP contribution in [0.2, 0.25) is 0 Å². The summed E-state index contributed by atoms with van der Waals surface area (Å²) in [4.78, 5) is 24.6. The molecule has 26 heavy (non-hydrogen) atoms. The highest BCUT2D eigenvalue weighted by Gasteiger charge is 2.16. The number of hydrogen-bond donors (Lipinski definition) is 1. The number of hydrogen-bond acceptors (Lipinski definition) is 8. The topological polar surface area (TPSA) is 104 Å². The quantitative estimate of drug-likeness (QED) is 0.672. The number of carbonyl (C=O) groups is 1. The summed E-state index contributed by atoms with van der Waals surface area (Å²) in [6.07, 6.45) is 4.85. The van der Waals surface area contributed by atoms with Gasteiger partial charge in [-0.2, -0.15) is 5.10 Å². The largest absolute Gasteiger partial charge is 0.495 e. The Kier molecular flexibility index (Phi) is 5.07. The van der Waals surface area contributed by atoms with E-state index in [0.717, 1.165) is 0 Å². The maximum absolute atomic E-state index is 11.9. The molecule has 0 radical (unpaired) electrons. The Hall–Kier alpha value is -3.49. The van der Waals surface area contributed by atoms with Gasteiger partial charge < -0.3 is 14.8 Å². The van der Waals surface area contributed by atoms with Gasteiger partial charge in [0.1, 0.15) is 17.1 Å². The van der Waals surface area contributed by atoms with Gasteiger partial charge >= 0.3 is 5.97 Å². The molecule has 0 aromatic carbocycles. The molecule has 0 amide bonds. The molecule has 9 heteroatoms. The molecule has 1 N–H and O–H groups in total. The minimum atomic E-state index is -0.427. The van der Waals surface area contributed by atoms with Crippen molar-refractivity contribution < 1.29 is 14.3 Å². The Morgan fingerprint density at radius 1 is 1.27 bits per heavy atom. The molecule has 0 aliphatic rings. The number of rotatable bonds is 6. The summed E-state index contributed by atoms with van der Waals surface area (Å²) in [5, 5.41) is 7.39. The van der Waals surface area contributed by atoms with Crippen molar-refractivity contribution >= 4 is 17.6 Å². The van der Waals surface area contributed by atoms with E-state index in [2.05, 4.69) is 25.4 Å². The number of anilines is 2. The van der Waals surface area contributed by atoms with Crippen molar-refractivity contribution in [2.45, 2.75) is 6.92 Å². The smallest absolute Gasteiger partial charge is 0.356 e. The lowest BCUT2D eigenvalue weighted by molar-refractivity contribution is 0.0513. The van der Waals surface area contributed by atoms with Crippen LogP contribution in [0.4, 0.5) is 11.6 Å². The fourth-order valence-corrected chi connectivity index (χ4v) is 2.28. The lowest BCUT2D eigenvalue weighted by atomic mass is 10.3. The van der Waals surface area contributed by atoms with Crippen molar-refractivity contribution in [3.05, 3.63) is 42.5 Å². The third-order valence-corrected chi connectivity index (χ3v) is 3.49. The molecule has 0 fully saturated rings. The van der Waals surface area contributed by atoms with E-state index in [1.54, 1.807) is 57.9 Å². The SMILES string of the molecule is CCOC(=O)c1cc(-c2ccnc(Nc3cncc(OC)c3)n2)nn1C. The summed E-state index contributed by atoms with van der Waals surface area (Å²) in [5.74, 6) is 0.569. The van der Waals surface area contributed by atoms with Gasteiger partial charge in [0.2, 0.25) is 5.95 Å². The van der Waals surface area contributed by atoms with E-state index < -0.39 is 5.97 Å². The van der Waals surface area contributed by atoms with Gasteiger partial charge in [0.15, 0.2) is 0 Å². The predicted octanol–water partition coefficient (Wildman–Crippen LogP) is 2.20. The molecule has 0 atom stereocenters. The molecule has 134 valence electrons. The highest BCUT2D eigenvalue weighted by molar-refractivity contribution is 5.88. The Bertz CT molecular complexity index is 924. The molecule has 0 bridgehead atoms. The van der Waals surface area contributed by atoms with Gasteiger partial charge in [-0.1, -0.05) is 0 Å². The zero-order valence-electron chi connectivity index (χ0n) is 14.6. The van der Waals surface area contributed by atoms with E-state index in [9.17, 15) is 4.79 Å². The zero-order chi connectivity index (χ0) is 18.5. The molecule has 0 aliphatic heterocycles. The standard InChI is InChI=1S/C17H18N6O3/c1-4-26-16(24)15-8-14(22-23(15)2)13-5-6-19-17(21-13)20-11-7-12(25-3)10-18-9-11/h5-10H,4H2,1-3H3,(H,19,20,21). The molecule has 3 rings (SSSR count). The maximum atomic E-state index is 11.9. The highest BCUT2D eigenvalue weighted by atomic mass is 16.5. The van der Waals surface area contributed by atoms with Gasteiger partial charge in [0.25, 0.3) is 0 Å². The third kappa shape index (κ3) is 3.77. The highest BCUT2D eigenvalue weighted by Crippen LogP contribution is 2.21. The molecule has 0 unspecified atom stereocenters. The number of esters is 1. The van der Waals surface area contributed by atoms with Gasteiger partial charge in [0, 0.05) is 25.4 Å². The molecule has 9 nitrogen and oxygen atoms in total. The Morgan fingerprint density at radius 2 is 2.12 bits per heavy atom. The van der Waals surface area contributed by atoms with Gasteiger partial charge in [-0.05, 0) is 13.0 Å². The first-order chi connectivity index (χ1) is 12.6. The Labute approximate surface area is 150 Å². The lowest BCUT2D eigenvalue weighted by Gasteiger charge is -2.06. The van der Waals surface area contributed by atoms with E-state index in [4.69, 9.17) is 9.47 Å². The van der Waals surface area contributed by atoms with Crippen molar-refractivity contribution in [1.29, 1.82) is 0 Å². The van der Waals surface area contributed by atoms with Crippen molar-refractivity contribution in [1.82, 2.24) is 24.7 Å². The second-order valence-corrected chi connectivity index (χ2v) is 5.26. The van der Waals surface area contributed by atoms with Gasteiger partial charge in [-0.3, -0.25) is 9.67 Å². The van der Waals surface area contributed by atoms with Crippen molar-refractivity contribution in [3.8, 4) is 17.1 Å². The van der Waals surface area contributed by atoms with Gasteiger partial charge in [-0.25, -0.2) is 14.8 Å². The number of ether oxygens (including phenoxy) is 2. The first-order valence-electron chi connectivity index (χ1n) is 7.91. The molecular weight excluding hydrogens is 336 g/mol. The van der Waals surface area contributed by atoms with Crippen LogP contribution in [0.15, 0.2) is 36.8 Å². The number of aryl methyl sites for hydroxylation is 1. The number of nitrogens with zero attached hydrogens (tertiary/aromatic N) is 5. The lowest BCUT2D eigenvalue weighted by Crippen LogP contribution is -2.10. The van der Waals surface area contributed by atoms with Crippen LogP contribution in [-0.4, -0.2) is 44.4 Å². The molecule has 3 aromatic rings. The fraction of sp³-hybridized carbons (Fsp3) is 0.235. The Morgan fingerprint density at radius 3 is 2.88 bits per heavy atom. The number of nitrogens with one attached hydrogen (secondary N) is 1. The third-order valence-electron chi connectivity index (χ3n) is 3.49. The maximum Gasteiger partial charge on any atom is 0.356 e. The zero-order valence-corrected chi connectivity index (χ0v) is 14.6. The van der Waals surface area contributed by atoms with Crippen LogP contribution in [0.5, 0.6) is 5.75 Å². The molecule has 0 aliphatic carbocycles. The number of methoxy groups -OCH3 is 1. The van der Waals surface area contributed by atoms with E-state index in [0.29, 0.717) is 41.1 Å². The summed E-state index contributed by atoms with van der Waals surface area (Å²) in [6.45, 7) is 2.06. The monoisotopic (exact) mass is 354 g/mol. The average molecular weight is 354 g/mol. The summed E-state index contributed by atoms with van der Waals surface area (Å²) < 4.78 is 11.6. The van der Waals surface area contributed by atoms with Crippen LogP contribution < -0.4 is 10.1 Å². The molecule has 0 spiro atoms. The summed E-state index contributed by atoms with van der Waals surface area (Å²) in [7, 11) is 3.25. The molecule has 0 saturated heterocycles. The summed E-state index contributed by atoms with van der Waals surface area (Å²) in [6, 6.07) is 5.13. The van der Waals surface area contributed by atoms with Crippen LogP contribution in [0, 0.1) is 0 Å². The van der Waals surface area contributed by atoms with Crippen molar-refractivity contribution in [3.63, 3.8) is 0 Å². The van der Waals surface area contributed by atoms with E-state index in [1.807, 2.05) is 0 Å². The number of aromatic nitrogens is 5. The molecule has 3 heterocycles. The van der Waals surface area contributed by atoms with E-state index >= 15 is 0 Å². The van der Waals surface area contributed by atoms with Crippen LogP contribution in [0.25, 0.3) is 11.4 Å². The fourth-order valence-electron chi connectivity index (χ4n) is 2.28. The summed E-state index contributed by atoms with van der Waals surface area (Å²) in [5.41, 5.74) is 2.16. The molecule has 3 aromatic heterocycles. The summed E-state index contributed by atoms with van der Waals surface area (Å²) >= 11 is 0. The normalized spacial score (nSPS) is 10.4. The van der Waals surface area contributed by atoms with Crippen molar-refractivity contribution in [2.24, 2.45) is 7.05 Å². The van der Waals surface area contributed by atoms with Crippen LogP contribution in [0.3, 0.4) is 0 Å². The second kappa shape index (κ2) is 7.60. The van der Waals surface area contributed by atoms with E-state index in [1.165, 1.54) is 4.68 Å². The minimum absolute atomic E-state index is 0.301.